The van der Waals surface area contributed by atoms with Gasteiger partial charge in [0, 0.05) is 31.7 Å². The van der Waals surface area contributed by atoms with Crippen LogP contribution in [0.3, 0.4) is 0 Å². The number of aldehydes is 1. The molecule has 3 rings (SSSR count). The highest BCUT2D eigenvalue weighted by Crippen LogP contribution is 2.18. The van der Waals surface area contributed by atoms with Crippen LogP contribution in [0.4, 0.5) is 0 Å². The first-order valence-electron chi connectivity index (χ1n) is 7.67. The van der Waals surface area contributed by atoms with E-state index in [9.17, 15) is 4.79 Å². The third-order valence-electron chi connectivity index (χ3n) is 3.88. The van der Waals surface area contributed by atoms with E-state index in [1.807, 2.05) is 42.5 Å². The Hall–Kier alpha value is -1.97. The molecule has 0 N–H and O–H groups in total. The summed E-state index contributed by atoms with van der Waals surface area (Å²) in [5, 5.41) is 0. The van der Waals surface area contributed by atoms with E-state index < -0.39 is 0 Å². The third kappa shape index (κ3) is 5.10. The lowest BCUT2D eigenvalue weighted by atomic mass is 10.0. The molecule has 1 fully saturated rings. The van der Waals surface area contributed by atoms with Crippen molar-refractivity contribution in [3.63, 3.8) is 0 Å². The van der Waals surface area contributed by atoms with Crippen molar-refractivity contribution in [2.24, 2.45) is 0 Å². The van der Waals surface area contributed by atoms with Crippen LogP contribution in [0.5, 0.6) is 0 Å². The normalized spacial score (nSPS) is 15.7. The molecular weight excluding hydrogens is 272 g/mol. The standard InChI is InChI=1S/C13H10O.C6H14N2/c14-10-11-6-8-13(9-7-11)12-4-2-1-3-5-12;1-7-3-5-8(2)6-4-7/h1-10H;3-6H2,1-2H3. The first-order chi connectivity index (χ1) is 10.7. The van der Waals surface area contributed by atoms with Gasteiger partial charge in [0.15, 0.2) is 0 Å². The van der Waals surface area contributed by atoms with Crippen LogP contribution >= 0.6 is 0 Å². The summed E-state index contributed by atoms with van der Waals surface area (Å²) in [7, 11) is 4.35. The van der Waals surface area contributed by atoms with E-state index in [0.717, 1.165) is 11.8 Å². The lowest BCUT2D eigenvalue weighted by molar-refractivity contribution is 0.112. The topological polar surface area (TPSA) is 23.6 Å². The van der Waals surface area contributed by atoms with Gasteiger partial charge in [-0.3, -0.25) is 4.79 Å². The molecule has 0 unspecified atom stereocenters. The molecule has 0 aliphatic carbocycles. The summed E-state index contributed by atoms with van der Waals surface area (Å²) in [6, 6.07) is 17.7. The van der Waals surface area contributed by atoms with E-state index in [1.54, 1.807) is 0 Å². The molecule has 3 nitrogen and oxygen atoms in total. The predicted octanol–water partition coefficient (Wildman–Crippen LogP) is 3.03. The van der Waals surface area contributed by atoms with Crippen LogP contribution in [0.25, 0.3) is 11.1 Å². The minimum absolute atomic E-state index is 0.713. The summed E-state index contributed by atoms with van der Waals surface area (Å²) >= 11 is 0. The van der Waals surface area contributed by atoms with E-state index in [2.05, 4.69) is 36.0 Å². The van der Waals surface area contributed by atoms with E-state index in [-0.39, 0.29) is 0 Å². The molecule has 0 aromatic heterocycles. The van der Waals surface area contributed by atoms with Crippen molar-refractivity contribution in [1.29, 1.82) is 0 Å². The lowest BCUT2D eigenvalue weighted by Crippen LogP contribution is -2.42. The van der Waals surface area contributed by atoms with Crippen LogP contribution in [0.1, 0.15) is 10.4 Å². The maximum absolute atomic E-state index is 10.5. The number of nitrogens with zero attached hydrogens (tertiary/aromatic N) is 2. The molecule has 0 saturated carbocycles. The second-order valence-electron chi connectivity index (χ2n) is 5.71. The Bertz CT molecular complexity index is 548. The molecule has 0 amide bonds. The fourth-order valence-electron chi connectivity index (χ4n) is 2.29. The lowest BCUT2D eigenvalue weighted by Gasteiger charge is -2.28. The van der Waals surface area contributed by atoms with Gasteiger partial charge in [-0.1, -0.05) is 54.6 Å². The average molecular weight is 296 g/mol. The number of hydrogen-bond acceptors (Lipinski definition) is 3. The van der Waals surface area contributed by atoms with Gasteiger partial charge in [0.05, 0.1) is 0 Å². The Morgan fingerprint density at radius 2 is 1.18 bits per heavy atom. The third-order valence-corrected chi connectivity index (χ3v) is 3.88. The summed E-state index contributed by atoms with van der Waals surface area (Å²) in [4.78, 5) is 15.2. The minimum Gasteiger partial charge on any atom is -0.304 e. The largest absolute Gasteiger partial charge is 0.304 e. The fourth-order valence-corrected chi connectivity index (χ4v) is 2.29. The Morgan fingerprint density at radius 3 is 1.64 bits per heavy atom. The van der Waals surface area contributed by atoms with Gasteiger partial charge in [-0.05, 0) is 25.2 Å². The van der Waals surface area contributed by atoms with Crippen LogP contribution in [-0.2, 0) is 0 Å². The van der Waals surface area contributed by atoms with Gasteiger partial charge in [0.2, 0.25) is 0 Å². The molecule has 116 valence electrons. The van der Waals surface area contributed by atoms with Crippen LogP contribution in [0.15, 0.2) is 54.6 Å². The first-order valence-corrected chi connectivity index (χ1v) is 7.67. The van der Waals surface area contributed by atoms with Crippen molar-refractivity contribution in [1.82, 2.24) is 9.80 Å². The Morgan fingerprint density at radius 1 is 0.727 bits per heavy atom. The highest BCUT2D eigenvalue weighted by Gasteiger charge is 2.07. The number of hydrogen-bond donors (Lipinski definition) is 0. The second kappa shape index (κ2) is 8.47. The zero-order chi connectivity index (χ0) is 15.8. The Kier molecular flexibility index (Phi) is 6.31. The molecule has 1 heterocycles. The van der Waals surface area contributed by atoms with Crippen LogP contribution in [-0.4, -0.2) is 56.4 Å². The number of benzene rings is 2. The average Bonchev–Trinajstić information content (AvgIpc) is 2.59. The van der Waals surface area contributed by atoms with Gasteiger partial charge in [-0.2, -0.15) is 0 Å². The number of rotatable bonds is 2. The van der Waals surface area contributed by atoms with Gasteiger partial charge in [0.25, 0.3) is 0 Å². The zero-order valence-corrected chi connectivity index (χ0v) is 13.4. The van der Waals surface area contributed by atoms with Crippen LogP contribution in [0.2, 0.25) is 0 Å². The van der Waals surface area contributed by atoms with Gasteiger partial charge in [-0.25, -0.2) is 0 Å². The van der Waals surface area contributed by atoms with E-state index in [0.29, 0.717) is 5.56 Å². The Labute approximate surface area is 133 Å². The molecule has 0 bridgehead atoms. The summed E-state index contributed by atoms with van der Waals surface area (Å²) in [5.41, 5.74) is 3.02. The van der Waals surface area contributed by atoms with E-state index in [4.69, 9.17) is 0 Å². The fraction of sp³-hybridized carbons (Fsp3) is 0.316. The molecule has 1 aliphatic rings. The maximum atomic E-state index is 10.5. The molecular formula is C19H24N2O. The van der Waals surface area contributed by atoms with Crippen LogP contribution in [0, 0.1) is 0 Å². The van der Waals surface area contributed by atoms with Crippen molar-refractivity contribution in [2.45, 2.75) is 0 Å². The monoisotopic (exact) mass is 296 g/mol. The summed E-state index contributed by atoms with van der Waals surface area (Å²) in [6.45, 7) is 4.93. The quantitative estimate of drug-likeness (QED) is 0.796. The zero-order valence-electron chi connectivity index (χ0n) is 13.4. The van der Waals surface area contributed by atoms with Gasteiger partial charge >= 0.3 is 0 Å². The minimum atomic E-state index is 0.713. The van der Waals surface area contributed by atoms with Crippen molar-refractivity contribution < 1.29 is 4.79 Å². The SMILES string of the molecule is CN1CCN(C)CC1.O=Cc1ccc(-c2ccccc2)cc1. The molecule has 2 aromatic carbocycles. The van der Waals surface area contributed by atoms with Gasteiger partial charge in [0.1, 0.15) is 6.29 Å². The highest BCUT2D eigenvalue weighted by molar-refractivity contribution is 5.76. The van der Waals surface area contributed by atoms with Crippen molar-refractivity contribution >= 4 is 6.29 Å². The molecule has 0 radical (unpaired) electrons. The molecule has 1 aliphatic heterocycles. The molecule has 0 spiro atoms. The van der Waals surface area contributed by atoms with Gasteiger partial charge in [-0.15, -0.1) is 0 Å². The molecule has 22 heavy (non-hydrogen) atoms. The predicted molar refractivity (Wildman–Crippen MR) is 92.3 cm³/mol. The number of likely N-dealkylation sites (N-methyl/N-ethyl adjacent to an activating group) is 2. The first kappa shape index (κ1) is 16.4. The molecule has 3 heteroatoms. The highest BCUT2D eigenvalue weighted by atomic mass is 16.1. The summed E-state index contributed by atoms with van der Waals surface area (Å²) in [6.07, 6.45) is 0.856. The van der Waals surface area contributed by atoms with Gasteiger partial charge < -0.3 is 9.80 Å². The molecule has 2 aromatic rings. The number of piperazine rings is 1. The van der Waals surface area contributed by atoms with Crippen molar-refractivity contribution in [3.05, 3.63) is 60.2 Å². The van der Waals surface area contributed by atoms with Crippen molar-refractivity contribution in [2.75, 3.05) is 40.3 Å². The second-order valence-corrected chi connectivity index (χ2v) is 5.71. The van der Waals surface area contributed by atoms with E-state index >= 15 is 0 Å². The maximum Gasteiger partial charge on any atom is 0.150 e. The number of carbonyl (C=O) groups excluding carboxylic acids is 1. The summed E-state index contributed by atoms with van der Waals surface area (Å²) < 4.78 is 0. The Balaban J connectivity index is 0.000000188. The van der Waals surface area contributed by atoms with E-state index in [1.165, 1.54) is 31.7 Å². The smallest absolute Gasteiger partial charge is 0.150 e. The summed E-state index contributed by atoms with van der Waals surface area (Å²) in [5.74, 6) is 0. The number of carbonyl (C=O) groups is 1. The molecule has 1 saturated heterocycles. The molecule has 0 atom stereocenters. The van der Waals surface area contributed by atoms with Crippen LogP contribution < -0.4 is 0 Å². The van der Waals surface area contributed by atoms with Crippen molar-refractivity contribution in [3.8, 4) is 11.1 Å².